The minimum Gasteiger partial charge on any atom is -0.341 e. The molecule has 76 valence electrons. The lowest BCUT2D eigenvalue weighted by atomic mass is 9.99. The quantitative estimate of drug-likeness (QED) is 0.708. The number of rotatable bonds is 4. The highest BCUT2D eigenvalue weighted by atomic mass is 16.2. The standard InChI is InChI=1S/C10H20N2O/c1-4-7(2)9(11)10(13)12(3)8-5-6-8/h7-9H,4-6,11H2,1-3H3/t7?,9-/m0/s1. The Morgan fingerprint density at radius 3 is 2.54 bits per heavy atom. The maximum atomic E-state index is 11.7. The lowest BCUT2D eigenvalue weighted by molar-refractivity contribution is -0.132. The van der Waals surface area contributed by atoms with Crippen LogP contribution in [0.5, 0.6) is 0 Å². The fourth-order valence-corrected chi connectivity index (χ4v) is 1.37. The van der Waals surface area contributed by atoms with Gasteiger partial charge in [-0.2, -0.15) is 0 Å². The number of likely N-dealkylation sites (N-methyl/N-ethyl adjacent to an activating group) is 1. The average Bonchev–Trinajstić information content (AvgIpc) is 2.96. The Balaban J connectivity index is 2.44. The molecule has 3 heteroatoms. The molecular formula is C10H20N2O. The summed E-state index contributed by atoms with van der Waals surface area (Å²) in [5, 5.41) is 0. The first-order valence-electron chi connectivity index (χ1n) is 5.10. The van der Waals surface area contributed by atoms with Gasteiger partial charge in [-0.1, -0.05) is 20.3 Å². The van der Waals surface area contributed by atoms with Crippen LogP contribution in [0, 0.1) is 5.92 Å². The fraction of sp³-hybridized carbons (Fsp3) is 0.900. The molecule has 0 bridgehead atoms. The highest BCUT2D eigenvalue weighted by molar-refractivity contribution is 5.82. The van der Waals surface area contributed by atoms with E-state index in [2.05, 4.69) is 6.92 Å². The molecular weight excluding hydrogens is 164 g/mol. The van der Waals surface area contributed by atoms with Crippen molar-refractivity contribution in [2.24, 2.45) is 11.7 Å². The van der Waals surface area contributed by atoms with E-state index in [1.807, 2.05) is 18.9 Å². The van der Waals surface area contributed by atoms with Crippen LogP contribution >= 0.6 is 0 Å². The molecule has 1 aliphatic carbocycles. The normalized spacial score (nSPS) is 20.9. The predicted octanol–water partition coefficient (Wildman–Crippen LogP) is 0.981. The summed E-state index contributed by atoms with van der Waals surface area (Å²) in [6, 6.07) is 0.165. The summed E-state index contributed by atoms with van der Waals surface area (Å²) >= 11 is 0. The summed E-state index contributed by atoms with van der Waals surface area (Å²) in [5.74, 6) is 0.394. The van der Waals surface area contributed by atoms with E-state index >= 15 is 0 Å². The van der Waals surface area contributed by atoms with Gasteiger partial charge in [0.2, 0.25) is 5.91 Å². The van der Waals surface area contributed by atoms with Crippen molar-refractivity contribution in [3.8, 4) is 0 Å². The van der Waals surface area contributed by atoms with Gasteiger partial charge in [0.15, 0.2) is 0 Å². The van der Waals surface area contributed by atoms with E-state index in [1.54, 1.807) is 0 Å². The first-order valence-corrected chi connectivity index (χ1v) is 5.10. The van der Waals surface area contributed by atoms with Gasteiger partial charge >= 0.3 is 0 Å². The number of nitrogens with zero attached hydrogens (tertiary/aromatic N) is 1. The molecule has 0 heterocycles. The van der Waals surface area contributed by atoms with Gasteiger partial charge in [0, 0.05) is 13.1 Å². The molecule has 1 aliphatic rings. The maximum absolute atomic E-state index is 11.7. The van der Waals surface area contributed by atoms with E-state index in [-0.39, 0.29) is 17.9 Å². The van der Waals surface area contributed by atoms with Crippen molar-refractivity contribution in [3.05, 3.63) is 0 Å². The van der Waals surface area contributed by atoms with Gasteiger partial charge < -0.3 is 10.6 Å². The second-order valence-corrected chi connectivity index (χ2v) is 4.09. The summed E-state index contributed by atoms with van der Waals surface area (Å²) < 4.78 is 0. The van der Waals surface area contributed by atoms with Crippen LogP contribution in [-0.2, 0) is 4.79 Å². The molecule has 1 fully saturated rings. The van der Waals surface area contributed by atoms with Crippen LogP contribution in [0.1, 0.15) is 33.1 Å². The van der Waals surface area contributed by atoms with E-state index in [9.17, 15) is 4.79 Å². The lowest BCUT2D eigenvalue weighted by Crippen LogP contribution is -2.46. The minimum absolute atomic E-state index is 0.108. The van der Waals surface area contributed by atoms with Crippen molar-refractivity contribution >= 4 is 5.91 Å². The highest BCUT2D eigenvalue weighted by Gasteiger charge is 2.33. The number of amides is 1. The van der Waals surface area contributed by atoms with E-state index < -0.39 is 0 Å². The molecule has 0 aromatic carbocycles. The Morgan fingerprint density at radius 2 is 2.15 bits per heavy atom. The van der Waals surface area contributed by atoms with Crippen LogP contribution in [0.25, 0.3) is 0 Å². The van der Waals surface area contributed by atoms with E-state index in [1.165, 1.54) is 0 Å². The third-order valence-electron chi connectivity index (χ3n) is 2.98. The third-order valence-corrected chi connectivity index (χ3v) is 2.98. The van der Waals surface area contributed by atoms with Crippen molar-refractivity contribution < 1.29 is 4.79 Å². The van der Waals surface area contributed by atoms with Crippen molar-refractivity contribution in [1.29, 1.82) is 0 Å². The smallest absolute Gasteiger partial charge is 0.239 e. The van der Waals surface area contributed by atoms with E-state index in [0.29, 0.717) is 6.04 Å². The van der Waals surface area contributed by atoms with Gasteiger partial charge in [-0.05, 0) is 18.8 Å². The monoisotopic (exact) mass is 184 g/mol. The summed E-state index contributed by atoms with van der Waals surface area (Å²) in [5.41, 5.74) is 5.85. The Hall–Kier alpha value is -0.570. The van der Waals surface area contributed by atoms with Gasteiger partial charge in [0.25, 0.3) is 0 Å². The molecule has 0 spiro atoms. The zero-order chi connectivity index (χ0) is 10.0. The molecule has 13 heavy (non-hydrogen) atoms. The fourth-order valence-electron chi connectivity index (χ4n) is 1.37. The molecule has 2 atom stereocenters. The largest absolute Gasteiger partial charge is 0.341 e. The van der Waals surface area contributed by atoms with Gasteiger partial charge in [0.05, 0.1) is 6.04 Å². The molecule has 0 aliphatic heterocycles. The summed E-state index contributed by atoms with van der Waals surface area (Å²) in [6.07, 6.45) is 3.26. The second-order valence-electron chi connectivity index (χ2n) is 4.09. The Kier molecular flexibility index (Phi) is 3.31. The van der Waals surface area contributed by atoms with Crippen molar-refractivity contribution in [2.45, 2.75) is 45.2 Å². The molecule has 1 unspecified atom stereocenters. The highest BCUT2D eigenvalue weighted by Crippen LogP contribution is 2.26. The molecule has 1 amide bonds. The molecule has 0 radical (unpaired) electrons. The Labute approximate surface area is 80.3 Å². The van der Waals surface area contributed by atoms with Crippen LogP contribution in [0.15, 0.2) is 0 Å². The second kappa shape index (κ2) is 4.09. The molecule has 0 aromatic heterocycles. The average molecular weight is 184 g/mol. The van der Waals surface area contributed by atoms with Crippen LogP contribution < -0.4 is 5.73 Å². The molecule has 3 nitrogen and oxygen atoms in total. The molecule has 1 rings (SSSR count). The van der Waals surface area contributed by atoms with Gasteiger partial charge in [0.1, 0.15) is 0 Å². The summed E-state index contributed by atoms with van der Waals surface area (Å²) in [6.45, 7) is 4.10. The van der Waals surface area contributed by atoms with Gasteiger partial charge in [-0.3, -0.25) is 4.79 Å². The Bertz CT molecular complexity index is 189. The topological polar surface area (TPSA) is 46.3 Å². The van der Waals surface area contributed by atoms with E-state index in [0.717, 1.165) is 19.3 Å². The number of nitrogens with two attached hydrogens (primary N) is 1. The van der Waals surface area contributed by atoms with Crippen molar-refractivity contribution in [3.63, 3.8) is 0 Å². The molecule has 2 N–H and O–H groups in total. The number of carbonyl (C=O) groups is 1. The van der Waals surface area contributed by atoms with Crippen molar-refractivity contribution in [2.75, 3.05) is 7.05 Å². The zero-order valence-corrected chi connectivity index (χ0v) is 8.79. The molecule has 0 saturated heterocycles. The van der Waals surface area contributed by atoms with Crippen LogP contribution in [0.4, 0.5) is 0 Å². The maximum Gasteiger partial charge on any atom is 0.239 e. The summed E-state index contributed by atoms with van der Waals surface area (Å²) in [4.78, 5) is 13.5. The third kappa shape index (κ3) is 2.44. The minimum atomic E-state index is -0.310. The van der Waals surface area contributed by atoms with Gasteiger partial charge in [-0.25, -0.2) is 0 Å². The number of carbonyl (C=O) groups excluding carboxylic acids is 1. The van der Waals surface area contributed by atoms with Crippen molar-refractivity contribution in [1.82, 2.24) is 4.90 Å². The van der Waals surface area contributed by atoms with Crippen LogP contribution in [0.2, 0.25) is 0 Å². The lowest BCUT2D eigenvalue weighted by Gasteiger charge is -2.24. The molecule has 0 aromatic rings. The van der Waals surface area contributed by atoms with E-state index in [4.69, 9.17) is 5.73 Å². The Morgan fingerprint density at radius 1 is 1.62 bits per heavy atom. The first-order chi connectivity index (χ1) is 6.07. The number of hydrogen-bond acceptors (Lipinski definition) is 2. The summed E-state index contributed by atoms with van der Waals surface area (Å²) in [7, 11) is 1.86. The van der Waals surface area contributed by atoms with Crippen LogP contribution in [0.3, 0.4) is 0 Å². The predicted molar refractivity (Wildman–Crippen MR) is 53.2 cm³/mol. The zero-order valence-electron chi connectivity index (χ0n) is 8.79. The SMILES string of the molecule is CCC(C)[C@H](N)C(=O)N(C)C1CC1. The number of hydrogen-bond donors (Lipinski definition) is 1. The van der Waals surface area contributed by atoms with Crippen LogP contribution in [-0.4, -0.2) is 29.9 Å². The van der Waals surface area contributed by atoms with Gasteiger partial charge in [-0.15, -0.1) is 0 Å². The first kappa shape index (κ1) is 10.5. The molecule has 1 saturated carbocycles.